The van der Waals surface area contributed by atoms with Crippen molar-refractivity contribution >= 4 is 11.6 Å². The number of aliphatic imine (C=N–C) groups is 1. The Morgan fingerprint density at radius 3 is 2.42 bits per heavy atom. The molecule has 0 bridgehead atoms. The summed E-state index contributed by atoms with van der Waals surface area (Å²) in [6.07, 6.45) is 6.25. The first-order chi connectivity index (χ1) is 15.8. The topological polar surface area (TPSA) is 66.1 Å². The zero-order valence-electron chi connectivity index (χ0n) is 19.3. The molecule has 1 aromatic rings. The summed E-state index contributed by atoms with van der Waals surface area (Å²) in [7, 11) is 0. The summed E-state index contributed by atoms with van der Waals surface area (Å²) in [5.41, 5.74) is 6.88. The number of nitrogens with zero attached hydrogens (tertiary/aromatic N) is 1. The van der Waals surface area contributed by atoms with Gasteiger partial charge in [-0.3, -0.25) is 0 Å². The average molecular weight is 457 g/mol. The number of amidine groups is 1. The molecule has 5 rings (SSSR count). The number of halogens is 2. The van der Waals surface area contributed by atoms with Gasteiger partial charge in [0.25, 0.3) is 6.02 Å². The smallest absolute Gasteiger partial charge is 0.283 e. The van der Waals surface area contributed by atoms with Crippen molar-refractivity contribution in [2.75, 3.05) is 19.8 Å². The predicted molar refractivity (Wildman–Crippen MR) is 123 cm³/mol. The fraction of sp³-hybridized carbons (Fsp3) is 0.500. The van der Waals surface area contributed by atoms with E-state index in [0.29, 0.717) is 48.7 Å². The number of hydrogen-bond donors (Lipinski definition) is 1. The minimum Gasteiger partial charge on any atom is -0.486 e. The van der Waals surface area contributed by atoms with Gasteiger partial charge in [0.05, 0.1) is 24.5 Å². The van der Waals surface area contributed by atoms with E-state index >= 15 is 4.39 Å². The van der Waals surface area contributed by atoms with Crippen LogP contribution < -0.4 is 10.5 Å². The van der Waals surface area contributed by atoms with Crippen molar-refractivity contribution in [2.45, 2.75) is 57.6 Å². The van der Waals surface area contributed by atoms with E-state index in [0.717, 1.165) is 24.8 Å². The van der Waals surface area contributed by atoms with Gasteiger partial charge in [-0.05, 0) is 75.0 Å². The van der Waals surface area contributed by atoms with Crippen LogP contribution in [0, 0.1) is 5.41 Å². The number of benzene rings is 1. The first kappa shape index (κ1) is 22.1. The van der Waals surface area contributed by atoms with Gasteiger partial charge in [0, 0.05) is 11.1 Å². The second-order valence-corrected chi connectivity index (χ2v) is 9.62. The quantitative estimate of drug-likeness (QED) is 0.611. The van der Waals surface area contributed by atoms with Gasteiger partial charge in [0.2, 0.25) is 0 Å². The second-order valence-electron chi connectivity index (χ2n) is 9.62. The Kier molecular flexibility index (Phi) is 5.16. The van der Waals surface area contributed by atoms with Crippen LogP contribution in [-0.2, 0) is 15.0 Å². The highest BCUT2D eigenvalue weighted by Gasteiger charge is 2.75. The van der Waals surface area contributed by atoms with E-state index in [2.05, 4.69) is 0 Å². The molecule has 0 aromatic heterocycles. The van der Waals surface area contributed by atoms with E-state index in [9.17, 15) is 4.39 Å². The van der Waals surface area contributed by atoms with Gasteiger partial charge < -0.3 is 19.9 Å². The molecule has 1 saturated carbocycles. The number of rotatable bonds is 4. The SMILES string of the molecule is CCC(C)=C(F)C(=CC=C(C)F)c1ccc2c(c1)C1(COC(N)=N1)C1(COC1)C1(CCC1)O2. The normalized spacial score (nSPS) is 27.8. The molecular formula is C26H30F2N2O3. The van der Waals surface area contributed by atoms with Crippen molar-refractivity contribution in [3.63, 3.8) is 0 Å². The van der Waals surface area contributed by atoms with E-state index in [1.54, 1.807) is 6.92 Å². The fourth-order valence-electron chi connectivity index (χ4n) is 5.63. The van der Waals surface area contributed by atoms with Crippen LogP contribution in [0.5, 0.6) is 5.75 Å². The molecule has 5 nitrogen and oxygen atoms in total. The van der Waals surface area contributed by atoms with E-state index in [1.165, 1.54) is 19.1 Å². The highest BCUT2D eigenvalue weighted by Crippen LogP contribution is 2.67. The summed E-state index contributed by atoms with van der Waals surface area (Å²) in [6, 6.07) is 5.75. The van der Waals surface area contributed by atoms with Gasteiger partial charge in [0.1, 0.15) is 29.3 Å². The Bertz CT molecular complexity index is 1110. The number of ether oxygens (including phenoxy) is 3. The van der Waals surface area contributed by atoms with Crippen molar-refractivity contribution in [3.8, 4) is 5.75 Å². The molecule has 2 fully saturated rings. The van der Waals surface area contributed by atoms with Crippen LogP contribution in [0.1, 0.15) is 57.6 Å². The molecule has 1 atom stereocenters. The Labute approximate surface area is 193 Å². The van der Waals surface area contributed by atoms with Crippen molar-refractivity contribution in [1.29, 1.82) is 0 Å². The lowest BCUT2D eigenvalue weighted by Gasteiger charge is -2.66. The third kappa shape index (κ3) is 3.01. The summed E-state index contributed by atoms with van der Waals surface area (Å²) in [6.45, 7) is 6.28. The minimum atomic E-state index is -0.768. The molecular weight excluding hydrogens is 426 g/mol. The number of nitrogens with two attached hydrogens (primary N) is 1. The molecule has 2 N–H and O–H groups in total. The Morgan fingerprint density at radius 2 is 1.91 bits per heavy atom. The molecule has 1 unspecified atom stereocenters. The lowest BCUT2D eigenvalue weighted by molar-refractivity contribution is -0.281. The minimum absolute atomic E-state index is 0.147. The number of fused-ring (bicyclic) bond motifs is 4. The zero-order chi connectivity index (χ0) is 23.4. The Hall–Kier alpha value is -2.67. The fourth-order valence-corrected chi connectivity index (χ4v) is 5.63. The van der Waals surface area contributed by atoms with Crippen LogP contribution in [0.3, 0.4) is 0 Å². The molecule has 1 aromatic carbocycles. The Balaban J connectivity index is 1.71. The molecule has 0 amide bonds. The first-order valence-corrected chi connectivity index (χ1v) is 11.6. The summed E-state index contributed by atoms with van der Waals surface area (Å²) >= 11 is 0. The van der Waals surface area contributed by atoms with E-state index in [4.69, 9.17) is 24.9 Å². The number of hydrogen-bond acceptors (Lipinski definition) is 5. The number of allylic oxidation sites excluding steroid dienone is 6. The molecule has 1 aliphatic carbocycles. The third-order valence-electron chi connectivity index (χ3n) is 7.91. The van der Waals surface area contributed by atoms with Crippen LogP contribution >= 0.6 is 0 Å². The molecule has 176 valence electrons. The maximum absolute atomic E-state index is 15.4. The van der Waals surface area contributed by atoms with Crippen LogP contribution in [0.15, 0.2) is 52.6 Å². The van der Waals surface area contributed by atoms with Crippen molar-refractivity contribution in [3.05, 3.63) is 58.7 Å². The Morgan fingerprint density at radius 1 is 1.15 bits per heavy atom. The second kappa shape index (κ2) is 7.69. The van der Waals surface area contributed by atoms with Crippen LogP contribution in [0.25, 0.3) is 5.57 Å². The summed E-state index contributed by atoms with van der Waals surface area (Å²) in [5.74, 6) is -0.0407. The highest BCUT2D eigenvalue weighted by molar-refractivity contribution is 5.81. The van der Waals surface area contributed by atoms with Gasteiger partial charge >= 0.3 is 0 Å². The van der Waals surface area contributed by atoms with Gasteiger partial charge in [0.15, 0.2) is 0 Å². The van der Waals surface area contributed by atoms with E-state index < -0.39 is 16.8 Å². The molecule has 3 spiro atoms. The maximum atomic E-state index is 15.4. The molecule has 1 saturated heterocycles. The molecule has 33 heavy (non-hydrogen) atoms. The molecule has 3 aliphatic heterocycles. The van der Waals surface area contributed by atoms with Crippen molar-refractivity contribution in [2.24, 2.45) is 16.1 Å². The summed E-state index contributed by atoms with van der Waals surface area (Å²) in [4.78, 5) is 4.86. The van der Waals surface area contributed by atoms with Crippen molar-refractivity contribution < 1.29 is 23.0 Å². The zero-order valence-corrected chi connectivity index (χ0v) is 19.3. The predicted octanol–water partition coefficient (Wildman–Crippen LogP) is 5.47. The van der Waals surface area contributed by atoms with Gasteiger partial charge in [-0.25, -0.2) is 13.8 Å². The largest absolute Gasteiger partial charge is 0.486 e. The summed E-state index contributed by atoms with van der Waals surface area (Å²) < 4.78 is 47.1. The average Bonchev–Trinajstić information content (AvgIpc) is 3.12. The van der Waals surface area contributed by atoms with Gasteiger partial charge in [-0.15, -0.1) is 0 Å². The lowest BCUT2D eigenvalue weighted by Crippen LogP contribution is -2.75. The van der Waals surface area contributed by atoms with Crippen LogP contribution in [0.4, 0.5) is 8.78 Å². The standard InChI is InChI=1S/C26H30F2N2O3/c1-4-16(2)22(28)19(8-6-17(3)27)18-7-9-21-20(12-18)26(15-32-23(29)30-26)24(13-31-14-24)25(33-21)10-5-11-25/h6-9,12H,4-5,10-11,13-15H2,1-3H3,(H2,29,30). The lowest BCUT2D eigenvalue weighted by atomic mass is 9.49. The molecule has 0 radical (unpaired) electrons. The molecule has 3 heterocycles. The van der Waals surface area contributed by atoms with Crippen molar-refractivity contribution in [1.82, 2.24) is 0 Å². The summed E-state index contributed by atoms with van der Waals surface area (Å²) in [5, 5.41) is 0. The van der Waals surface area contributed by atoms with E-state index in [1.807, 2.05) is 25.1 Å². The van der Waals surface area contributed by atoms with E-state index in [-0.39, 0.29) is 17.4 Å². The van der Waals surface area contributed by atoms with Gasteiger partial charge in [-0.2, -0.15) is 0 Å². The van der Waals surface area contributed by atoms with Gasteiger partial charge in [-0.1, -0.05) is 13.0 Å². The van der Waals surface area contributed by atoms with Crippen LogP contribution in [-0.4, -0.2) is 31.4 Å². The highest BCUT2D eigenvalue weighted by atomic mass is 19.1. The molecule has 4 aliphatic rings. The maximum Gasteiger partial charge on any atom is 0.283 e. The van der Waals surface area contributed by atoms with Crippen LogP contribution in [0.2, 0.25) is 0 Å². The molecule has 7 heteroatoms. The third-order valence-corrected chi connectivity index (χ3v) is 7.91. The first-order valence-electron chi connectivity index (χ1n) is 11.6. The monoisotopic (exact) mass is 456 g/mol.